The summed E-state index contributed by atoms with van der Waals surface area (Å²) in [5, 5.41) is 13.4. The molecular weight excluding hydrogens is 277 g/mol. The fourth-order valence-electron chi connectivity index (χ4n) is 1.18. The summed E-state index contributed by atoms with van der Waals surface area (Å²) in [5.41, 5.74) is 1.45. The zero-order valence-corrected chi connectivity index (χ0v) is 9.83. The lowest BCUT2D eigenvalue weighted by Gasteiger charge is -2.02. The standard InChI is InChI=1S/C10H5BrClN3/c11-10-3-9(2-1-7(10)4-13)15-6-8(12)5-14-15/h1-3,5-6H. The van der Waals surface area contributed by atoms with Crippen LogP contribution in [0.4, 0.5) is 0 Å². The van der Waals surface area contributed by atoms with Crippen molar-refractivity contribution in [2.24, 2.45) is 0 Å². The Balaban J connectivity index is 2.48. The normalized spacial score (nSPS) is 9.93. The number of benzene rings is 1. The van der Waals surface area contributed by atoms with Gasteiger partial charge < -0.3 is 0 Å². The lowest BCUT2D eigenvalue weighted by atomic mass is 10.2. The van der Waals surface area contributed by atoms with Gasteiger partial charge in [-0.2, -0.15) is 10.4 Å². The Bertz CT molecular complexity index is 542. The van der Waals surface area contributed by atoms with Gasteiger partial charge >= 0.3 is 0 Å². The average molecular weight is 283 g/mol. The van der Waals surface area contributed by atoms with Gasteiger partial charge in [-0.15, -0.1) is 0 Å². The molecule has 0 aliphatic rings. The largest absolute Gasteiger partial charge is 0.239 e. The molecular formula is C10H5BrClN3. The Kier molecular flexibility index (Phi) is 2.76. The summed E-state index contributed by atoms with van der Waals surface area (Å²) in [6.45, 7) is 0. The van der Waals surface area contributed by atoms with E-state index in [0.717, 1.165) is 10.2 Å². The smallest absolute Gasteiger partial charge is 0.100 e. The molecule has 74 valence electrons. The number of halogens is 2. The molecule has 0 N–H and O–H groups in total. The first-order valence-electron chi connectivity index (χ1n) is 4.11. The van der Waals surface area contributed by atoms with Crippen LogP contribution in [0, 0.1) is 11.3 Å². The summed E-state index contributed by atoms with van der Waals surface area (Å²) in [6, 6.07) is 7.44. The van der Waals surface area contributed by atoms with Gasteiger partial charge in [-0.25, -0.2) is 4.68 Å². The molecule has 3 nitrogen and oxygen atoms in total. The predicted molar refractivity (Wildman–Crippen MR) is 61.0 cm³/mol. The van der Waals surface area contributed by atoms with Gasteiger partial charge in [0, 0.05) is 10.7 Å². The van der Waals surface area contributed by atoms with Gasteiger partial charge in [0.25, 0.3) is 0 Å². The second-order valence-corrected chi connectivity index (χ2v) is 4.17. The summed E-state index contributed by atoms with van der Waals surface area (Å²) < 4.78 is 2.39. The highest BCUT2D eigenvalue weighted by molar-refractivity contribution is 9.10. The lowest BCUT2D eigenvalue weighted by molar-refractivity contribution is 0.879. The molecule has 1 aromatic carbocycles. The van der Waals surface area contributed by atoms with Crippen molar-refractivity contribution in [1.29, 1.82) is 5.26 Å². The van der Waals surface area contributed by atoms with Gasteiger partial charge in [-0.05, 0) is 34.1 Å². The van der Waals surface area contributed by atoms with Crippen LogP contribution in [-0.4, -0.2) is 9.78 Å². The molecule has 0 aliphatic heterocycles. The highest BCUT2D eigenvalue weighted by Gasteiger charge is 2.03. The number of nitrogens with zero attached hydrogens (tertiary/aromatic N) is 3. The van der Waals surface area contributed by atoms with Crippen LogP contribution in [0.2, 0.25) is 5.02 Å². The van der Waals surface area contributed by atoms with Gasteiger partial charge in [0.2, 0.25) is 0 Å². The molecule has 0 fully saturated rings. The molecule has 0 aliphatic carbocycles. The van der Waals surface area contributed by atoms with Crippen molar-refractivity contribution >= 4 is 27.5 Å². The van der Waals surface area contributed by atoms with E-state index < -0.39 is 0 Å². The summed E-state index contributed by atoms with van der Waals surface area (Å²) in [5.74, 6) is 0. The molecule has 0 radical (unpaired) electrons. The second-order valence-electron chi connectivity index (χ2n) is 2.88. The average Bonchev–Trinajstić information content (AvgIpc) is 2.65. The minimum absolute atomic E-state index is 0.579. The maximum Gasteiger partial charge on any atom is 0.100 e. The molecule has 2 aromatic rings. The van der Waals surface area contributed by atoms with Gasteiger partial charge in [0.1, 0.15) is 6.07 Å². The summed E-state index contributed by atoms with van der Waals surface area (Å²) in [6.07, 6.45) is 3.27. The SMILES string of the molecule is N#Cc1ccc(-n2cc(Cl)cn2)cc1Br. The van der Waals surface area contributed by atoms with Crippen LogP contribution < -0.4 is 0 Å². The van der Waals surface area contributed by atoms with Crippen molar-refractivity contribution < 1.29 is 0 Å². The molecule has 0 bridgehead atoms. The first kappa shape index (κ1) is 10.2. The molecule has 0 spiro atoms. The van der Waals surface area contributed by atoms with E-state index in [4.69, 9.17) is 16.9 Å². The first-order chi connectivity index (χ1) is 7.20. The summed E-state index contributed by atoms with van der Waals surface area (Å²) >= 11 is 9.08. The number of nitriles is 1. The summed E-state index contributed by atoms with van der Waals surface area (Å²) in [7, 11) is 0. The minimum Gasteiger partial charge on any atom is -0.239 e. The first-order valence-corrected chi connectivity index (χ1v) is 5.28. The molecule has 15 heavy (non-hydrogen) atoms. The van der Waals surface area contributed by atoms with Gasteiger partial charge in [0.15, 0.2) is 0 Å². The fourth-order valence-corrected chi connectivity index (χ4v) is 1.77. The lowest BCUT2D eigenvalue weighted by Crippen LogP contribution is -1.94. The minimum atomic E-state index is 0.579. The van der Waals surface area contributed by atoms with E-state index in [9.17, 15) is 0 Å². The third-order valence-electron chi connectivity index (χ3n) is 1.89. The van der Waals surface area contributed by atoms with Crippen LogP contribution in [0.1, 0.15) is 5.56 Å². The predicted octanol–water partition coefficient (Wildman–Crippen LogP) is 3.16. The quantitative estimate of drug-likeness (QED) is 0.806. The highest BCUT2D eigenvalue weighted by atomic mass is 79.9. The Morgan fingerprint density at radius 3 is 2.80 bits per heavy atom. The van der Waals surface area contributed by atoms with Gasteiger partial charge in [-0.3, -0.25) is 0 Å². The zero-order valence-electron chi connectivity index (χ0n) is 7.48. The molecule has 1 heterocycles. The third kappa shape index (κ3) is 2.04. The summed E-state index contributed by atoms with van der Waals surface area (Å²) in [4.78, 5) is 0. The fraction of sp³-hybridized carbons (Fsp3) is 0. The van der Waals surface area contributed by atoms with Crippen LogP contribution in [-0.2, 0) is 0 Å². The van der Waals surface area contributed by atoms with Crippen molar-refractivity contribution in [2.45, 2.75) is 0 Å². The van der Waals surface area contributed by atoms with Crippen LogP contribution >= 0.6 is 27.5 Å². The molecule has 5 heteroatoms. The number of aromatic nitrogens is 2. The number of hydrogen-bond acceptors (Lipinski definition) is 2. The molecule has 0 atom stereocenters. The number of hydrogen-bond donors (Lipinski definition) is 0. The Morgan fingerprint density at radius 1 is 1.47 bits per heavy atom. The van der Waals surface area contributed by atoms with E-state index in [0.29, 0.717) is 10.6 Å². The van der Waals surface area contributed by atoms with E-state index in [1.54, 1.807) is 23.1 Å². The van der Waals surface area contributed by atoms with Crippen LogP contribution in [0.15, 0.2) is 35.1 Å². The van der Waals surface area contributed by atoms with E-state index >= 15 is 0 Å². The number of rotatable bonds is 1. The topological polar surface area (TPSA) is 41.6 Å². The molecule has 0 unspecified atom stereocenters. The van der Waals surface area contributed by atoms with Gasteiger partial charge in [-0.1, -0.05) is 11.6 Å². The van der Waals surface area contributed by atoms with Crippen molar-refractivity contribution in [3.8, 4) is 11.8 Å². The molecule has 0 amide bonds. The van der Waals surface area contributed by atoms with E-state index in [1.807, 2.05) is 12.1 Å². The molecule has 2 rings (SSSR count). The van der Waals surface area contributed by atoms with E-state index in [-0.39, 0.29) is 0 Å². The second kappa shape index (κ2) is 4.05. The van der Waals surface area contributed by atoms with Crippen LogP contribution in [0.3, 0.4) is 0 Å². The highest BCUT2D eigenvalue weighted by Crippen LogP contribution is 2.20. The van der Waals surface area contributed by atoms with Crippen molar-refractivity contribution in [3.05, 3.63) is 45.7 Å². The maximum atomic E-state index is 8.76. The van der Waals surface area contributed by atoms with E-state index in [1.165, 1.54) is 0 Å². The third-order valence-corrected chi connectivity index (χ3v) is 2.74. The van der Waals surface area contributed by atoms with E-state index in [2.05, 4.69) is 27.1 Å². The molecule has 1 aromatic heterocycles. The Morgan fingerprint density at radius 2 is 2.27 bits per heavy atom. The Hall–Kier alpha value is -1.31. The monoisotopic (exact) mass is 281 g/mol. The van der Waals surface area contributed by atoms with Crippen LogP contribution in [0.25, 0.3) is 5.69 Å². The van der Waals surface area contributed by atoms with Crippen molar-refractivity contribution in [3.63, 3.8) is 0 Å². The maximum absolute atomic E-state index is 8.76. The zero-order chi connectivity index (χ0) is 10.8. The Labute approximate surface area is 100 Å². The molecule has 0 saturated carbocycles. The molecule has 0 saturated heterocycles. The van der Waals surface area contributed by atoms with Crippen molar-refractivity contribution in [1.82, 2.24) is 9.78 Å². The van der Waals surface area contributed by atoms with Crippen LogP contribution in [0.5, 0.6) is 0 Å². The van der Waals surface area contributed by atoms with Gasteiger partial charge in [0.05, 0.1) is 22.5 Å². The van der Waals surface area contributed by atoms with Crippen molar-refractivity contribution in [2.75, 3.05) is 0 Å².